The molecule has 2 aromatic heterocycles. The van der Waals surface area contributed by atoms with Crippen molar-refractivity contribution in [1.82, 2.24) is 9.72 Å². The summed E-state index contributed by atoms with van der Waals surface area (Å²) in [6.45, 7) is 1.42. The van der Waals surface area contributed by atoms with Gasteiger partial charge in [-0.15, -0.1) is 0 Å². The minimum absolute atomic E-state index is 0.0710. The molecule has 0 saturated carbocycles. The van der Waals surface area contributed by atoms with E-state index in [0.29, 0.717) is 0 Å². The summed E-state index contributed by atoms with van der Waals surface area (Å²) in [7, 11) is 0. The standard InChI is InChI=1S/C15H9F3N2O5/c1-2-24-15(23)6-5-20(7-3-4-25-19-7)12-8(13(6)21)14(22)11(18)9(16)10(12)17/h3-5,22H,2H2,1H3. The van der Waals surface area contributed by atoms with Gasteiger partial charge in [0.25, 0.3) is 0 Å². The van der Waals surface area contributed by atoms with Gasteiger partial charge < -0.3 is 14.4 Å². The van der Waals surface area contributed by atoms with Gasteiger partial charge in [0.2, 0.25) is 17.1 Å². The summed E-state index contributed by atoms with van der Waals surface area (Å²) < 4.78 is 51.8. The Morgan fingerprint density at radius 1 is 1.32 bits per heavy atom. The maximum Gasteiger partial charge on any atom is 0.343 e. The average molecular weight is 354 g/mol. The maximum absolute atomic E-state index is 14.3. The minimum atomic E-state index is -1.98. The molecular formula is C15H9F3N2O5. The van der Waals surface area contributed by atoms with Crippen LogP contribution in [0.25, 0.3) is 16.7 Å². The van der Waals surface area contributed by atoms with Crippen LogP contribution in [0.2, 0.25) is 0 Å². The van der Waals surface area contributed by atoms with E-state index in [0.717, 1.165) is 17.0 Å². The summed E-state index contributed by atoms with van der Waals surface area (Å²) in [5.74, 6) is -8.32. The number of ether oxygens (including phenoxy) is 1. The number of phenols is 1. The van der Waals surface area contributed by atoms with Crippen LogP contribution in [0.15, 0.2) is 27.8 Å². The van der Waals surface area contributed by atoms with Gasteiger partial charge in [-0.1, -0.05) is 5.16 Å². The van der Waals surface area contributed by atoms with E-state index in [9.17, 15) is 27.9 Å². The van der Waals surface area contributed by atoms with Gasteiger partial charge in [0, 0.05) is 12.3 Å². The summed E-state index contributed by atoms with van der Waals surface area (Å²) in [6, 6.07) is 1.22. The van der Waals surface area contributed by atoms with Gasteiger partial charge in [0.05, 0.1) is 12.0 Å². The quantitative estimate of drug-likeness (QED) is 0.573. The van der Waals surface area contributed by atoms with Crippen molar-refractivity contribution in [2.45, 2.75) is 6.92 Å². The Bertz CT molecular complexity index is 1040. The number of esters is 1. The Morgan fingerprint density at radius 2 is 2.04 bits per heavy atom. The normalized spacial score (nSPS) is 11.0. The Morgan fingerprint density at radius 3 is 2.64 bits per heavy atom. The number of hydrogen-bond acceptors (Lipinski definition) is 6. The van der Waals surface area contributed by atoms with Crippen LogP contribution >= 0.6 is 0 Å². The molecule has 0 aliphatic rings. The van der Waals surface area contributed by atoms with Crippen molar-refractivity contribution in [1.29, 1.82) is 0 Å². The van der Waals surface area contributed by atoms with E-state index < -0.39 is 51.1 Å². The number of aromatic nitrogens is 2. The highest BCUT2D eigenvalue weighted by Gasteiger charge is 2.28. The van der Waals surface area contributed by atoms with Gasteiger partial charge in [0.1, 0.15) is 17.3 Å². The predicted octanol–water partition coefficient (Wildman–Crippen LogP) is 2.28. The lowest BCUT2D eigenvalue weighted by Crippen LogP contribution is -2.22. The van der Waals surface area contributed by atoms with Gasteiger partial charge in [0.15, 0.2) is 17.4 Å². The number of pyridine rings is 1. The Labute approximate surface area is 136 Å². The lowest BCUT2D eigenvalue weighted by Gasteiger charge is -2.13. The zero-order valence-corrected chi connectivity index (χ0v) is 12.5. The second kappa shape index (κ2) is 5.96. The lowest BCUT2D eigenvalue weighted by molar-refractivity contribution is 0.0524. The number of rotatable bonds is 3. The molecule has 3 aromatic rings. The number of nitrogens with zero attached hydrogens (tertiary/aromatic N) is 2. The number of phenolic OH excluding ortho intramolecular Hbond substituents is 1. The molecule has 0 spiro atoms. The van der Waals surface area contributed by atoms with Crippen molar-refractivity contribution in [3.63, 3.8) is 0 Å². The SMILES string of the molecule is CCOC(=O)c1cn(-c2ccon2)c2c(F)c(F)c(F)c(O)c2c1=O. The number of carbonyl (C=O) groups is 1. The molecule has 10 heteroatoms. The summed E-state index contributed by atoms with van der Waals surface area (Å²) in [5, 5.41) is 12.4. The number of aromatic hydroxyl groups is 1. The Hall–Kier alpha value is -3.30. The van der Waals surface area contributed by atoms with Crippen LogP contribution < -0.4 is 5.43 Å². The summed E-state index contributed by atoms with van der Waals surface area (Å²) in [5.41, 5.74) is -2.65. The summed E-state index contributed by atoms with van der Waals surface area (Å²) >= 11 is 0. The second-order valence-corrected chi connectivity index (χ2v) is 4.83. The fourth-order valence-corrected chi connectivity index (χ4v) is 2.33. The van der Waals surface area contributed by atoms with Crippen molar-refractivity contribution in [2.24, 2.45) is 0 Å². The molecule has 1 N–H and O–H groups in total. The molecule has 1 aromatic carbocycles. The first-order chi connectivity index (χ1) is 11.9. The zero-order valence-electron chi connectivity index (χ0n) is 12.5. The predicted molar refractivity (Wildman–Crippen MR) is 77.1 cm³/mol. The molecule has 0 aliphatic heterocycles. The smallest absolute Gasteiger partial charge is 0.343 e. The average Bonchev–Trinajstić information content (AvgIpc) is 3.12. The largest absolute Gasteiger partial charge is 0.504 e. The molecule has 0 unspecified atom stereocenters. The fraction of sp³-hybridized carbons (Fsp3) is 0.133. The fourth-order valence-electron chi connectivity index (χ4n) is 2.33. The molecule has 7 nitrogen and oxygen atoms in total. The molecule has 2 heterocycles. The van der Waals surface area contributed by atoms with E-state index >= 15 is 0 Å². The third kappa shape index (κ3) is 2.42. The maximum atomic E-state index is 14.3. The molecule has 0 amide bonds. The van der Waals surface area contributed by atoms with Crippen LogP contribution in [0.1, 0.15) is 17.3 Å². The molecule has 0 atom stereocenters. The van der Waals surface area contributed by atoms with E-state index in [1.807, 2.05) is 0 Å². The van der Waals surface area contributed by atoms with Gasteiger partial charge >= 0.3 is 5.97 Å². The van der Waals surface area contributed by atoms with E-state index in [1.165, 1.54) is 13.0 Å². The van der Waals surface area contributed by atoms with Crippen LogP contribution in [0, 0.1) is 17.5 Å². The van der Waals surface area contributed by atoms with Crippen molar-refractivity contribution in [2.75, 3.05) is 6.61 Å². The molecule has 0 saturated heterocycles. The van der Waals surface area contributed by atoms with Crippen LogP contribution in [-0.4, -0.2) is 27.4 Å². The van der Waals surface area contributed by atoms with Gasteiger partial charge in [-0.05, 0) is 6.92 Å². The molecule has 130 valence electrons. The first-order valence-electron chi connectivity index (χ1n) is 6.91. The molecule has 0 radical (unpaired) electrons. The van der Waals surface area contributed by atoms with E-state index in [2.05, 4.69) is 9.68 Å². The first-order valence-corrected chi connectivity index (χ1v) is 6.91. The van der Waals surface area contributed by atoms with Crippen molar-refractivity contribution >= 4 is 16.9 Å². The van der Waals surface area contributed by atoms with Crippen LogP contribution in [0.4, 0.5) is 13.2 Å². The molecule has 3 rings (SSSR count). The highest BCUT2D eigenvalue weighted by molar-refractivity contribution is 5.96. The molecule has 0 aliphatic carbocycles. The second-order valence-electron chi connectivity index (χ2n) is 4.83. The lowest BCUT2D eigenvalue weighted by atomic mass is 10.1. The number of benzene rings is 1. The summed E-state index contributed by atoms with van der Waals surface area (Å²) in [6.07, 6.45) is 1.95. The molecule has 0 fully saturated rings. The van der Waals surface area contributed by atoms with Crippen molar-refractivity contribution in [3.8, 4) is 11.6 Å². The number of halogens is 3. The zero-order chi connectivity index (χ0) is 18.3. The van der Waals surface area contributed by atoms with Gasteiger partial charge in [-0.2, -0.15) is 4.39 Å². The number of fused-ring (bicyclic) bond motifs is 1. The minimum Gasteiger partial charge on any atom is -0.504 e. The van der Waals surface area contributed by atoms with Crippen molar-refractivity contribution in [3.05, 3.63) is 51.8 Å². The van der Waals surface area contributed by atoms with Gasteiger partial charge in [-0.25, -0.2) is 13.6 Å². The van der Waals surface area contributed by atoms with Gasteiger partial charge in [-0.3, -0.25) is 9.36 Å². The van der Waals surface area contributed by atoms with Crippen molar-refractivity contribution < 1.29 is 32.3 Å². The molecule has 0 bridgehead atoms. The Kier molecular flexibility index (Phi) is 3.95. The molecular weight excluding hydrogens is 345 g/mol. The van der Waals surface area contributed by atoms with E-state index in [-0.39, 0.29) is 12.4 Å². The van der Waals surface area contributed by atoms with Crippen LogP contribution in [-0.2, 0) is 4.74 Å². The van der Waals surface area contributed by atoms with Crippen LogP contribution in [0.3, 0.4) is 0 Å². The Balaban J connectivity index is 2.54. The van der Waals surface area contributed by atoms with E-state index in [4.69, 9.17) is 4.74 Å². The monoisotopic (exact) mass is 354 g/mol. The third-order valence-corrected chi connectivity index (χ3v) is 3.41. The highest BCUT2D eigenvalue weighted by atomic mass is 19.2. The number of carbonyl (C=O) groups excluding carboxylic acids is 1. The summed E-state index contributed by atoms with van der Waals surface area (Å²) in [4.78, 5) is 24.4. The van der Waals surface area contributed by atoms with Crippen LogP contribution in [0.5, 0.6) is 5.75 Å². The third-order valence-electron chi connectivity index (χ3n) is 3.41. The first kappa shape index (κ1) is 16.6. The molecule has 25 heavy (non-hydrogen) atoms. The van der Waals surface area contributed by atoms with E-state index in [1.54, 1.807) is 0 Å². The number of hydrogen-bond donors (Lipinski definition) is 1. The topological polar surface area (TPSA) is 94.6 Å². The highest BCUT2D eigenvalue weighted by Crippen LogP contribution is 2.32.